The van der Waals surface area contributed by atoms with Gasteiger partial charge in [0.1, 0.15) is 0 Å². The summed E-state index contributed by atoms with van der Waals surface area (Å²) < 4.78 is 6.28. The van der Waals surface area contributed by atoms with Crippen molar-refractivity contribution in [2.24, 2.45) is 0 Å². The van der Waals surface area contributed by atoms with Gasteiger partial charge in [0.15, 0.2) is 0 Å². The number of nitrogens with zero attached hydrogens (tertiary/aromatic N) is 6. The summed E-state index contributed by atoms with van der Waals surface area (Å²) in [7, 11) is 0. The van der Waals surface area contributed by atoms with Crippen LogP contribution in [0.5, 0.6) is 0 Å². The van der Waals surface area contributed by atoms with E-state index in [1.54, 1.807) is 0 Å². The topological polar surface area (TPSA) is 53.5 Å². The van der Waals surface area contributed by atoms with Crippen molar-refractivity contribution in [2.75, 3.05) is 0 Å². The minimum atomic E-state index is 0.299. The van der Waals surface area contributed by atoms with E-state index in [4.69, 9.17) is 0 Å². The maximum absolute atomic E-state index is 4.69. The zero-order valence-electron chi connectivity index (χ0n) is 17.6. The van der Waals surface area contributed by atoms with E-state index in [1.807, 2.05) is 24.0 Å². The number of hydrogen-bond donors (Lipinski definition) is 0. The third kappa shape index (κ3) is 4.15. The lowest BCUT2D eigenvalue weighted by Gasteiger charge is -2.16. The van der Waals surface area contributed by atoms with Gasteiger partial charge in [0, 0.05) is 23.6 Å². The summed E-state index contributed by atoms with van der Waals surface area (Å²) in [5.41, 5.74) is 6.07. The number of hydrogen-bond acceptors (Lipinski definition) is 3. The van der Waals surface area contributed by atoms with Crippen LogP contribution < -0.4 is 0 Å². The third-order valence-electron chi connectivity index (χ3n) is 5.26. The smallest absolute Gasteiger partial charge is 0.0596 e. The molecule has 0 amide bonds. The molecule has 27 heavy (non-hydrogen) atoms. The van der Waals surface area contributed by atoms with Crippen LogP contribution in [0.1, 0.15) is 74.0 Å². The maximum atomic E-state index is 4.69. The molecule has 0 aromatic carbocycles. The van der Waals surface area contributed by atoms with Crippen molar-refractivity contribution in [3.05, 3.63) is 52.9 Å². The van der Waals surface area contributed by atoms with E-state index < -0.39 is 0 Å². The van der Waals surface area contributed by atoms with Gasteiger partial charge < -0.3 is 0 Å². The van der Waals surface area contributed by atoms with Gasteiger partial charge in [-0.25, -0.2) is 0 Å². The largest absolute Gasteiger partial charge is 0.270 e. The highest BCUT2D eigenvalue weighted by Gasteiger charge is 2.17. The molecule has 0 aliphatic rings. The molecule has 3 heterocycles. The predicted octanol–water partition coefficient (Wildman–Crippen LogP) is 4.39. The minimum Gasteiger partial charge on any atom is -0.270 e. The molecule has 6 nitrogen and oxygen atoms in total. The first-order valence-corrected chi connectivity index (χ1v) is 9.85. The van der Waals surface area contributed by atoms with Crippen molar-refractivity contribution in [3.63, 3.8) is 0 Å². The number of rotatable bonds is 7. The Labute approximate surface area is 162 Å². The van der Waals surface area contributed by atoms with Crippen LogP contribution in [-0.4, -0.2) is 29.3 Å². The van der Waals surface area contributed by atoms with Crippen LogP contribution in [0.2, 0.25) is 0 Å². The first-order valence-electron chi connectivity index (χ1n) is 9.85. The second-order valence-electron chi connectivity index (χ2n) is 8.10. The molecule has 0 N–H and O–H groups in total. The summed E-state index contributed by atoms with van der Waals surface area (Å²) in [5, 5.41) is 13.8. The lowest BCUT2D eigenvalue weighted by Crippen LogP contribution is -2.14. The molecule has 6 heteroatoms. The van der Waals surface area contributed by atoms with Crippen molar-refractivity contribution < 1.29 is 0 Å². The van der Waals surface area contributed by atoms with Crippen LogP contribution >= 0.6 is 0 Å². The van der Waals surface area contributed by atoms with Gasteiger partial charge in [0.05, 0.1) is 30.2 Å². The molecule has 2 atom stereocenters. The summed E-state index contributed by atoms with van der Waals surface area (Å²) in [5.74, 6) is 0. The van der Waals surface area contributed by atoms with Crippen LogP contribution in [0.25, 0.3) is 0 Å². The molecular formula is C21H32N6. The zero-order valence-corrected chi connectivity index (χ0v) is 17.6. The Morgan fingerprint density at radius 3 is 2.19 bits per heavy atom. The minimum absolute atomic E-state index is 0.299. The lowest BCUT2D eigenvalue weighted by molar-refractivity contribution is 0.465. The molecule has 3 rings (SSSR count). The highest BCUT2D eigenvalue weighted by molar-refractivity contribution is 5.19. The quantitative estimate of drug-likeness (QED) is 0.621. The van der Waals surface area contributed by atoms with Crippen LogP contribution in [0.3, 0.4) is 0 Å². The maximum Gasteiger partial charge on any atom is 0.0596 e. The fourth-order valence-corrected chi connectivity index (χ4v) is 3.79. The van der Waals surface area contributed by atoms with E-state index in [2.05, 4.69) is 78.5 Å². The first-order chi connectivity index (χ1) is 12.8. The molecule has 2 unspecified atom stereocenters. The summed E-state index contributed by atoms with van der Waals surface area (Å²) in [4.78, 5) is 0. The summed E-state index contributed by atoms with van der Waals surface area (Å²) >= 11 is 0. The van der Waals surface area contributed by atoms with E-state index in [1.165, 1.54) is 22.5 Å². The van der Waals surface area contributed by atoms with Crippen molar-refractivity contribution in [2.45, 2.75) is 79.4 Å². The molecule has 0 aliphatic carbocycles. The Bertz CT molecular complexity index is 898. The molecular weight excluding hydrogens is 336 g/mol. The Morgan fingerprint density at radius 2 is 1.59 bits per heavy atom. The SMILES string of the molecule is Cc1cc(C)n(C(C)Cc2cnn(C(C)Cc3cnn(C(C)C)c3)c2C)n1. The van der Waals surface area contributed by atoms with E-state index in [9.17, 15) is 0 Å². The van der Waals surface area contributed by atoms with Crippen molar-refractivity contribution in [1.82, 2.24) is 29.3 Å². The third-order valence-corrected chi connectivity index (χ3v) is 5.26. The summed E-state index contributed by atoms with van der Waals surface area (Å²) in [6.45, 7) is 15.1. The summed E-state index contributed by atoms with van der Waals surface area (Å²) in [6, 6.07) is 3.14. The predicted molar refractivity (Wildman–Crippen MR) is 108 cm³/mol. The molecule has 3 aromatic heterocycles. The van der Waals surface area contributed by atoms with Crippen molar-refractivity contribution >= 4 is 0 Å². The van der Waals surface area contributed by atoms with Gasteiger partial charge in [-0.05, 0) is 78.5 Å². The number of aromatic nitrogens is 6. The molecule has 0 spiro atoms. The molecule has 0 bridgehead atoms. The fourth-order valence-electron chi connectivity index (χ4n) is 3.79. The summed E-state index contributed by atoms with van der Waals surface area (Å²) in [6.07, 6.45) is 8.01. The van der Waals surface area contributed by atoms with E-state index in [0.29, 0.717) is 18.1 Å². The number of aryl methyl sites for hydroxylation is 2. The van der Waals surface area contributed by atoms with Gasteiger partial charge >= 0.3 is 0 Å². The average Bonchev–Trinajstić information content (AvgIpc) is 3.28. The van der Waals surface area contributed by atoms with Crippen LogP contribution in [0, 0.1) is 20.8 Å². The van der Waals surface area contributed by atoms with Gasteiger partial charge in [-0.15, -0.1) is 0 Å². The zero-order chi connectivity index (χ0) is 19.7. The standard InChI is InChI=1S/C21H32N6/c1-14(2)25-13-20(11-22-25)9-17(5)27-19(7)21(12-23-27)10-18(6)26-16(4)8-15(3)24-26/h8,11-14,17-18H,9-10H2,1-7H3. The van der Waals surface area contributed by atoms with Crippen molar-refractivity contribution in [3.8, 4) is 0 Å². The molecule has 146 valence electrons. The molecule has 0 saturated carbocycles. The van der Waals surface area contributed by atoms with Crippen LogP contribution in [0.15, 0.2) is 24.7 Å². The Kier molecular flexibility index (Phi) is 5.53. The molecule has 3 aromatic rings. The van der Waals surface area contributed by atoms with E-state index in [0.717, 1.165) is 18.5 Å². The Balaban J connectivity index is 1.71. The first kappa shape index (κ1) is 19.4. The molecule has 0 aliphatic heterocycles. The monoisotopic (exact) mass is 368 g/mol. The Morgan fingerprint density at radius 1 is 0.889 bits per heavy atom. The highest BCUT2D eigenvalue weighted by Crippen LogP contribution is 2.22. The van der Waals surface area contributed by atoms with Gasteiger partial charge in [0.25, 0.3) is 0 Å². The molecule has 0 fully saturated rings. The fraction of sp³-hybridized carbons (Fsp3) is 0.571. The molecule has 0 radical (unpaired) electrons. The average molecular weight is 369 g/mol. The molecule has 0 saturated heterocycles. The van der Waals surface area contributed by atoms with E-state index in [-0.39, 0.29) is 0 Å². The van der Waals surface area contributed by atoms with Gasteiger partial charge in [-0.3, -0.25) is 14.0 Å². The second kappa shape index (κ2) is 7.71. The Hall–Kier alpha value is -2.37. The van der Waals surface area contributed by atoms with Crippen LogP contribution in [-0.2, 0) is 12.8 Å². The normalized spacial score (nSPS) is 14.1. The van der Waals surface area contributed by atoms with Gasteiger partial charge in [-0.1, -0.05) is 0 Å². The van der Waals surface area contributed by atoms with E-state index >= 15 is 0 Å². The van der Waals surface area contributed by atoms with Crippen LogP contribution in [0.4, 0.5) is 0 Å². The second-order valence-corrected chi connectivity index (χ2v) is 8.10. The van der Waals surface area contributed by atoms with Crippen molar-refractivity contribution in [1.29, 1.82) is 0 Å². The van der Waals surface area contributed by atoms with Gasteiger partial charge in [0.2, 0.25) is 0 Å². The van der Waals surface area contributed by atoms with Gasteiger partial charge in [-0.2, -0.15) is 15.3 Å². The highest BCUT2D eigenvalue weighted by atomic mass is 15.3. The lowest BCUT2D eigenvalue weighted by atomic mass is 10.1.